The smallest absolute Gasteiger partial charge is 0.306 e. The van der Waals surface area contributed by atoms with Gasteiger partial charge >= 0.3 is 17.9 Å². The van der Waals surface area contributed by atoms with Crippen LogP contribution in [0.5, 0.6) is 0 Å². The van der Waals surface area contributed by atoms with Crippen LogP contribution in [0.2, 0.25) is 0 Å². The van der Waals surface area contributed by atoms with Gasteiger partial charge in [-0.1, -0.05) is 256 Å². The third-order valence-electron chi connectivity index (χ3n) is 13.1. The van der Waals surface area contributed by atoms with Crippen LogP contribution in [0.25, 0.3) is 0 Å². The molecule has 0 bridgehead atoms. The van der Waals surface area contributed by atoms with E-state index in [-0.39, 0.29) is 31.1 Å². The normalized spacial score (nSPS) is 12.2. The second-order valence-electron chi connectivity index (χ2n) is 19.9. The fourth-order valence-electron chi connectivity index (χ4n) is 8.65. The molecule has 0 aromatic carbocycles. The van der Waals surface area contributed by atoms with Crippen molar-refractivity contribution in [3.63, 3.8) is 0 Å². The standard InChI is InChI=1S/C61H112O6/c1-4-7-10-13-16-19-22-25-27-28-29-30-31-32-33-35-36-39-42-45-48-51-54-60(63)66-57-58(56-65-59(62)53-50-47-44-41-38-24-21-18-15-12-9-6-3)67-61(64)55-52-49-46-43-40-37-34-26-23-20-17-14-11-8-5-2/h17-18,20-21,26,34,58H,4-16,19,22-25,27-33,35-57H2,1-3H3/b20-17-,21-18-,34-26-. The van der Waals surface area contributed by atoms with E-state index in [4.69, 9.17) is 14.2 Å². The van der Waals surface area contributed by atoms with E-state index in [0.29, 0.717) is 19.3 Å². The molecule has 392 valence electrons. The predicted molar refractivity (Wildman–Crippen MR) is 289 cm³/mol. The lowest BCUT2D eigenvalue weighted by atomic mass is 10.0. The molecule has 0 aliphatic rings. The van der Waals surface area contributed by atoms with Gasteiger partial charge in [-0.05, 0) is 77.0 Å². The Balaban J connectivity index is 4.27. The Bertz CT molecular complexity index is 1130. The molecule has 6 nitrogen and oxygen atoms in total. The van der Waals surface area contributed by atoms with Crippen LogP contribution in [0.1, 0.15) is 316 Å². The summed E-state index contributed by atoms with van der Waals surface area (Å²) in [7, 11) is 0. The Kier molecular flexibility index (Phi) is 54.2. The quantitative estimate of drug-likeness (QED) is 0.0262. The lowest BCUT2D eigenvalue weighted by Crippen LogP contribution is -2.30. The van der Waals surface area contributed by atoms with E-state index in [1.54, 1.807) is 0 Å². The molecule has 0 radical (unpaired) electrons. The SMILES string of the molecule is CCCCC/C=C\C/C=C\CCCCCCCC(=O)OC(COC(=O)CCCCCCC/C=C\CCCCC)COC(=O)CCCCCCCCCCCCCCCCCCCCCCCC. The van der Waals surface area contributed by atoms with Gasteiger partial charge in [0.05, 0.1) is 0 Å². The highest BCUT2D eigenvalue weighted by Crippen LogP contribution is 2.17. The van der Waals surface area contributed by atoms with E-state index in [1.807, 2.05) is 0 Å². The summed E-state index contributed by atoms with van der Waals surface area (Å²) in [5.41, 5.74) is 0. The van der Waals surface area contributed by atoms with Crippen molar-refractivity contribution in [3.8, 4) is 0 Å². The molecule has 0 spiro atoms. The largest absolute Gasteiger partial charge is 0.462 e. The van der Waals surface area contributed by atoms with Gasteiger partial charge < -0.3 is 14.2 Å². The molecule has 1 atom stereocenters. The Hall–Kier alpha value is -2.37. The topological polar surface area (TPSA) is 78.9 Å². The molecular formula is C61H112O6. The van der Waals surface area contributed by atoms with Crippen molar-refractivity contribution < 1.29 is 28.6 Å². The molecule has 0 saturated carbocycles. The molecule has 0 aliphatic carbocycles. The van der Waals surface area contributed by atoms with Crippen molar-refractivity contribution in [2.24, 2.45) is 0 Å². The van der Waals surface area contributed by atoms with Gasteiger partial charge in [-0.3, -0.25) is 14.4 Å². The maximum atomic E-state index is 12.8. The molecule has 6 heteroatoms. The van der Waals surface area contributed by atoms with E-state index in [9.17, 15) is 14.4 Å². The van der Waals surface area contributed by atoms with Crippen LogP contribution >= 0.6 is 0 Å². The molecule has 0 saturated heterocycles. The zero-order valence-electron chi connectivity index (χ0n) is 44.9. The van der Waals surface area contributed by atoms with E-state index in [1.165, 1.54) is 186 Å². The zero-order valence-corrected chi connectivity index (χ0v) is 44.9. The van der Waals surface area contributed by atoms with Gasteiger partial charge in [0, 0.05) is 19.3 Å². The van der Waals surface area contributed by atoms with E-state index >= 15 is 0 Å². The van der Waals surface area contributed by atoms with Gasteiger partial charge in [-0.25, -0.2) is 0 Å². The first-order valence-corrected chi connectivity index (χ1v) is 29.5. The summed E-state index contributed by atoms with van der Waals surface area (Å²) < 4.78 is 16.9. The number of esters is 3. The van der Waals surface area contributed by atoms with Crippen molar-refractivity contribution in [2.45, 2.75) is 322 Å². The summed E-state index contributed by atoms with van der Waals surface area (Å²) in [6, 6.07) is 0. The molecule has 0 fully saturated rings. The average Bonchev–Trinajstić information content (AvgIpc) is 3.33. The Labute approximate surface area is 416 Å². The lowest BCUT2D eigenvalue weighted by molar-refractivity contribution is -0.167. The minimum atomic E-state index is -0.780. The fourth-order valence-corrected chi connectivity index (χ4v) is 8.65. The van der Waals surface area contributed by atoms with Gasteiger partial charge in [-0.2, -0.15) is 0 Å². The highest BCUT2D eigenvalue weighted by molar-refractivity contribution is 5.71. The number of ether oxygens (including phenoxy) is 3. The van der Waals surface area contributed by atoms with Gasteiger partial charge in [0.2, 0.25) is 0 Å². The van der Waals surface area contributed by atoms with Crippen LogP contribution in [0, 0.1) is 0 Å². The first-order chi connectivity index (χ1) is 33.0. The van der Waals surface area contributed by atoms with Crippen LogP contribution in [0.4, 0.5) is 0 Å². The van der Waals surface area contributed by atoms with Crippen LogP contribution < -0.4 is 0 Å². The summed E-state index contributed by atoms with van der Waals surface area (Å²) in [4.78, 5) is 38.1. The predicted octanol–water partition coefficient (Wildman–Crippen LogP) is 19.7. The van der Waals surface area contributed by atoms with Gasteiger partial charge in [0.25, 0.3) is 0 Å². The van der Waals surface area contributed by atoms with Crippen molar-refractivity contribution >= 4 is 17.9 Å². The van der Waals surface area contributed by atoms with Gasteiger partial charge in [0.15, 0.2) is 6.10 Å². The molecule has 0 aromatic rings. The minimum absolute atomic E-state index is 0.0770. The molecule has 0 amide bonds. The third-order valence-corrected chi connectivity index (χ3v) is 13.1. The fraction of sp³-hybridized carbons (Fsp3) is 0.852. The van der Waals surface area contributed by atoms with E-state index in [2.05, 4.69) is 57.2 Å². The van der Waals surface area contributed by atoms with E-state index < -0.39 is 6.10 Å². The summed E-state index contributed by atoms with van der Waals surface area (Å²) in [6.45, 7) is 6.61. The maximum Gasteiger partial charge on any atom is 0.306 e. The van der Waals surface area contributed by atoms with Crippen molar-refractivity contribution in [1.29, 1.82) is 0 Å². The lowest BCUT2D eigenvalue weighted by Gasteiger charge is -2.18. The molecule has 0 N–H and O–H groups in total. The zero-order chi connectivity index (χ0) is 48.6. The van der Waals surface area contributed by atoms with Crippen LogP contribution in [0.3, 0.4) is 0 Å². The minimum Gasteiger partial charge on any atom is -0.462 e. The molecule has 0 aliphatic heterocycles. The number of hydrogen-bond donors (Lipinski definition) is 0. The molecule has 0 aromatic heterocycles. The highest BCUT2D eigenvalue weighted by Gasteiger charge is 2.19. The summed E-state index contributed by atoms with van der Waals surface area (Å²) in [5, 5.41) is 0. The summed E-state index contributed by atoms with van der Waals surface area (Å²) in [6.07, 6.45) is 67.1. The van der Waals surface area contributed by atoms with Gasteiger partial charge in [0.1, 0.15) is 13.2 Å². The number of allylic oxidation sites excluding steroid dienone is 6. The number of rotatable bonds is 54. The van der Waals surface area contributed by atoms with Crippen molar-refractivity contribution in [1.82, 2.24) is 0 Å². The first-order valence-electron chi connectivity index (χ1n) is 29.5. The van der Waals surface area contributed by atoms with Crippen LogP contribution in [-0.2, 0) is 28.6 Å². The molecule has 1 unspecified atom stereocenters. The average molecular weight is 942 g/mol. The monoisotopic (exact) mass is 941 g/mol. The van der Waals surface area contributed by atoms with Crippen LogP contribution in [-0.4, -0.2) is 37.2 Å². The van der Waals surface area contributed by atoms with E-state index in [0.717, 1.165) is 89.9 Å². The van der Waals surface area contributed by atoms with Crippen LogP contribution in [0.15, 0.2) is 36.5 Å². The van der Waals surface area contributed by atoms with Gasteiger partial charge in [-0.15, -0.1) is 0 Å². The number of carbonyl (C=O) groups excluding carboxylic acids is 3. The van der Waals surface area contributed by atoms with Crippen molar-refractivity contribution in [2.75, 3.05) is 13.2 Å². The Morgan fingerprint density at radius 2 is 0.537 bits per heavy atom. The molecule has 67 heavy (non-hydrogen) atoms. The Morgan fingerprint density at radius 1 is 0.299 bits per heavy atom. The highest BCUT2D eigenvalue weighted by atomic mass is 16.6. The third kappa shape index (κ3) is 54.4. The summed E-state index contributed by atoms with van der Waals surface area (Å²) in [5.74, 6) is -0.884. The number of hydrogen-bond acceptors (Lipinski definition) is 6. The maximum absolute atomic E-state index is 12.8. The number of unbranched alkanes of at least 4 members (excludes halogenated alkanes) is 37. The Morgan fingerprint density at radius 3 is 0.866 bits per heavy atom. The molecular weight excluding hydrogens is 829 g/mol. The second-order valence-corrected chi connectivity index (χ2v) is 19.9. The second kappa shape index (κ2) is 56.2. The first kappa shape index (κ1) is 64.6. The molecule has 0 heterocycles. The number of carbonyl (C=O) groups is 3. The summed E-state index contributed by atoms with van der Waals surface area (Å²) >= 11 is 0. The van der Waals surface area contributed by atoms with Crippen molar-refractivity contribution in [3.05, 3.63) is 36.5 Å². The molecule has 0 rings (SSSR count).